The monoisotopic (exact) mass is 438 g/mol. The van der Waals surface area contributed by atoms with E-state index >= 15 is 0 Å². The molecule has 2 aromatic carbocycles. The van der Waals surface area contributed by atoms with Crippen LogP contribution in [0.1, 0.15) is 4.88 Å². The van der Waals surface area contributed by atoms with Gasteiger partial charge in [-0.05, 0) is 42.6 Å². The molecule has 1 aromatic heterocycles. The van der Waals surface area contributed by atoms with E-state index in [1.807, 2.05) is 12.1 Å². The quantitative estimate of drug-likeness (QED) is 0.500. The van der Waals surface area contributed by atoms with E-state index in [2.05, 4.69) is 4.99 Å². The molecule has 3 aromatic rings. The summed E-state index contributed by atoms with van der Waals surface area (Å²) in [6.45, 7) is 0.143. The maximum Gasteiger partial charge on any atom is 0.277 e. The van der Waals surface area contributed by atoms with Crippen LogP contribution in [0.5, 0.6) is 23.1 Å². The zero-order chi connectivity index (χ0) is 20.8. The maximum absolute atomic E-state index is 12.6. The van der Waals surface area contributed by atoms with Crippen LogP contribution in [0, 0.1) is 3.95 Å². The fourth-order valence-corrected chi connectivity index (χ4v) is 4.56. The Balaban J connectivity index is 1.60. The second-order valence-corrected chi connectivity index (χ2v) is 8.19. The van der Waals surface area contributed by atoms with Gasteiger partial charge in [0.1, 0.15) is 5.75 Å². The van der Waals surface area contributed by atoms with Gasteiger partial charge < -0.3 is 19.3 Å². The largest absolute Gasteiger partial charge is 0.497 e. The summed E-state index contributed by atoms with van der Waals surface area (Å²) in [6.07, 6.45) is 3.30. The van der Waals surface area contributed by atoms with Crippen molar-refractivity contribution in [2.75, 3.05) is 13.9 Å². The number of hydrogen-bond acceptors (Lipinski definition) is 7. The molecular formula is C21H14N2O5S2. The lowest BCUT2D eigenvalue weighted by atomic mass is 10.1. The van der Waals surface area contributed by atoms with Crippen LogP contribution in [0.3, 0.4) is 0 Å². The van der Waals surface area contributed by atoms with E-state index in [4.69, 9.17) is 26.4 Å². The van der Waals surface area contributed by atoms with Gasteiger partial charge in [0.2, 0.25) is 12.7 Å². The molecule has 0 saturated heterocycles. The summed E-state index contributed by atoms with van der Waals surface area (Å²) in [4.78, 5) is 17.2. The highest BCUT2D eigenvalue weighted by molar-refractivity contribution is 7.73. The van der Waals surface area contributed by atoms with Crippen LogP contribution in [0.15, 0.2) is 47.0 Å². The molecule has 9 heteroatoms. The summed E-state index contributed by atoms with van der Waals surface area (Å²) in [6, 6.07) is 10.7. The summed E-state index contributed by atoms with van der Waals surface area (Å²) in [7, 11) is 1.57. The Morgan fingerprint density at radius 2 is 2.07 bits per heavy atom. The number of amides is 1. The lowest BCUT2D eigenvalue weighted by Gasteiger charge is -2.07. The minimum absolute atomic E-state index is 0.0524. The number of aromatic nitrogens is 1. The number of thiazole rings is 1. The predicted molar refractivity (Wildman–Crippen MR) is 113 cm³/mol. The van der Waals surface area contributed by atoms with E-state index in [0.717, 1.165) is 5.22 Å². The smallest absolute Gasteiger partial charge is 0.277 e. The summed E-state index contributed by atoms with van der Waals surface area (Å²) in [5.74, 6) is 1.36. The van der Waals surface area contributed by atoms with Gasteiger partial charge in [-0.1, -0.05) is 6.07 Å². The fraction of sp³-hybridized carbons (Fsp3) is 0.0952. The van der Waals surface area contributed by atoms with E-state index in [-0.39, 0.29) is 12.7 Å². The van der Waals surface area contributed by atoms with Gasteiger partial charge in [-0.25, -0.2) is 4.99 Å². The zero-order valence-electron chi connectivity index (χ0n) is 15.6. The number of carbonyl (C=O) groups excluding carboxylic acids is 1. The molecule has 0 atom stereocenters. The predicted octanol–water partition coefficient (Wildman–Crippen LogP) is 2.74. The molecular weight excluding hydrogens is 424 g/mol. The first-order valence-corrected chi connectivity index (χ1v) is 10.1. The first kappa shape index (κ1) is 18.6. The van der Waals surface area contributed by atoms with Gasteiger partial charge in [-0.15, -0.1) is 11.3 Å². The molecule has 0 fully saturated rings. The lowest BCUT2D eigenvalue weighted by molar-refractivity contribution is -0.114. The molecule has 30 heavy (non-hydrogen) atoms. The summed E-state index contributed by atoms with van der Waals surface area (Å²) in [5.41, 5.74) is 1.00. The number of fused-ring (bicyclic) bond motifs is 2. The number of nitrogens with zero attached hydrogens (tertiary/aromatic N) is 2. The standard InChI is InChI=1S/C21H14N2O5S2/c1-26-14-4-2-3-13(8-14)23-20(25)18(30-21(23)29)7-12-5-11-6-16-17(28-10-27-16)9-15(11)22-19(12)24/h2-9,25H,10H2,1H3/b12-7+. The van der Waals surface area contributed by atoms with Gasteiger partial charge in [0.05, 0.1) is 23.0 Å². The molecule has 3 heterocycles. The summed E-state index contributed by atoms with van der Waals surface area (Å²) < 4.78 is 18.0. The van der Waals surface area contributed by atoms with Crippen LogP contribution < -0.4 is 24.8 Å². The molecule has 2 aliphatic rings. The zero-order valence-corrected chi connectivity index (χ0v) is 17.3. The van der Waals surface area contributed by atoms with Crippen LogP contribution in [-0.2, 0) is 4.79 Å². The van der Waals surface area contributed by atoms with Gasteiger partial charge >= 0.3 is 0 Å². The highest BCUT2D eigenvalue weighted by Gasteiger charge is 2.19. The molecule has 0 radical (unpaired) electrons. The van der Waals surface area contributed by atoms with Crippen molar-refractivity contribution >= 4 is 41.6 Å². The second-order valence-electron chi connectivity index (χ2n) is 6.52. The first-order valence-electron chi connectivity index (χ1n) is 8.89. The van der Waals surface area contributed by atoms with Gasteiger partial charge in [0, 0.05) is 22.9 Å². The third kappa shape index (κ3) is 3.08. The minimum atomic E-state index is -0.409. The minimum Gasteiger partial charge on any atom is -0.497 e. The Morgan fingerprint density at radius 3 is 2.87 bits per heavy atom. The molecule has 5 rings (SSSR count). The molecule has 0 saturated carbocycles. The van der Waals surface area contributed by atoms with E-state index in [9.17, 15) is 9.90 Å². The number of ether oxygens (including phenoxy) is 3. The SMILES string of the molecule is COc1cccc(-n2c(O)c(/C=C3\C=c4cc5c(cc4=NC3=O)OCO5)sc2=S)c1. The van der Waals surface area contributed by atoms with Crippen molar-refractivity contribution in [1.29, 1.82) is 0 Å². The maximum atomic E-state index is 12.6. The lowest BCUT2D eigenvalue weighted by Crippen LogP contribution is -2.30. The summed E-state index contributed by atoms with van der Waals surface area (Å²) in [5, 5.41) is 12.1. The van der Waals surface area contributed by atoms with Crippen molar-refractivity contribution in [1.82, 2.24) is 4.57 Å². The van der Waals surface area contributed by atoms with Crippen LogP contribution in [0.25, 0.3) is 17.8 Å². The van der Waals surface area contributed by atoms with Crippen LogP contribution in [0.2, 0.25) is 0 Å². The van der Waals surface area contributed by atoms with Crippen molar-refractivity contribution in [3.8, 4) is 28.8 Å². The molecule has 2 aliphatic heterocycles. The second kappa shape index (κ2) is 7.12. The molecule has 0 unspecified atom stereocenters. The third-order valence-electron chi connectivity index (χ3n) is 4.71. The van der Waals surface area contributed by atoms with Crippen molar-refractivity contribution in [3.63, 3.8) is 0 Å². The summed E-state index contributed by atoms with van der Waals surface area (Å²) >= 11 is 6.64. The molecule has 7 nitrogen and oxygen atoms in total. The normalized spacial score (nSPS) is 15.5. The topological polar surface area (TPSA) is 82.3 Å². The van der Waals surface area contributed by atoms with Crippen molar-refractivity contribution in [3.05, 3.63) is 61.4 Å². The molecule has 0 bridgehead atoms. The Labute approximate surface area is 179 Å². The van der Waals surface area contributed by atoms with Crippen LogP contribution in [0.4, 0.5) is 0 Å². The average Bonchev–Trinajstić information content (AvgIpc) is 3.30. The third-order valence-corrected chi connectivity index (χ3v) is 6.02. The van der Waals surface area contributed by atoms with E-state index in [1.165, 1.54) is 15.9 Å². The molecule has 1 N–H and O–H groups in total. The molecule has 1 amide bonds. The van der Waals surface area contributed by atoms with Crippen LogP contribution >= 0.6 is 23.6 Å². The number of hydrogen-bond donors (Lipinski definition) is 1. The van der Waals surface area contributed by atoms with E-state index in [0.29, 0.717) is 42.7 Å². The van der Waals surface area contributed by atoms with E-state index in [1.54, 1.807) is 43.5 Å². The highest BCUT2D eigenvalue weighted by atomic mass is 32.1. The van der Waals surface area contributed by atoms with E-state index < -0.39 is 5.91 Å². The number of aromatic hydroxyl groups is 1. The van der Waals surface area contributed by atoms with Crippen molar-refractivity contribution in [2.45, 2.75) is 0 Å². The van der Waals surface area contributed by atoms with Crippen molar-refractivity contribution in [2.24, 2.45) is 4.99 Å². The Hall–Kier alpha value is -3.43. The van der Waals surface area contributed by atoms with Gasteiger partial charge in [0.15, 0.2) is 15.5 Å². The molecule has 0 spiro atoms. The molecule has 150 valence electrons. The van der Waals surface area contributed by atoms with Gasteiger partial charge in [-0.2, -0.15) is 0 Å². The number of rotatable bonds is 3. The Kier molecular flexibility index (Phi) is 4.41. The van der Waals surface area contributed by atoms with Crippen LogP contribution in [-0.4, -0.2) is 29.5 Å². The Bertz CT molecular complexity index is 1420. The number of methoxy groups -OCH3 is 1. The van der Waals surface area contributed by atoms with Crippen molar-refractivity contribution < 1.29 is 24.1 Å². The fourth-order valence-electron chi connectivity index (χ4n) is 3.26. The average molecular weight is 438 g/mol. The molecule has 0 aliphatic carbocycles. The van der Waals surface area contributed by atoms with Gasteiger partial charge in [0.25, 0.3) is 5.91 Å². The van der Waals surface area contributed by atoms with Gasteiger partial charge in [-0.3, -0.25) is 9.36 Å². The Morgan fingerprint density at radius 1 is 1.27 bits per heavy atom. The number of carbonyl (C=O) groups is 1. The number of benzene rings is 2. The highest BCUT2D eigenvalue weighted by Crippen LogP contribution is 2.33. The first-order chi connectivity index (χ1) is 14.5.